The molecule has 2 aliphatic rings. The number of nitrogens with zero attached hydrogens (tertiary/aromatic N) is 1. The van der Waals surface area contributed by atoms with E-state index in [0.29, 0.717) is 17.9 Å². The number of anilines is 1. The predicted molar refractivity (Wildman–Crippen MR) is 76.5 cm³/mol. The van der Waals surface area contributed by atoms with Crippen LogP contribution in [0.25, 0.3) is 0 Å². The minimum Gasteiger partial charge on any atom is -0.367 e. The van der Waals surface area contributed by atoms with Crippen LogP contribution in [0, 0.1) is 5.92 Å². The first kappa shape index (κ1) is 12.7. The molecule has 2 atom stereocenters. The van der Waals surface area contributed by atoms with Crippen LogP contribution < -0.4 is 10.9 Å². The molecule has 4 nitrogen and oxygen atoms in total. The molecular formula is C15H23N3O. The molecule has 0 radical (unpaired) electrons. The maximum Gasteiger partial charge on any atom is 0.252 e. The second-order valence-corrected chi connectivity index (χ2v) is 6.16. The molecule has 1 heterocycles. The fraction of sp³-hybridized carbons (Fsp3) is 0.733. The highest BCUT2D eigenvalue weighted by atomic mass is 16.1. The molecule has 0 aliphatic heterocycles. The summed E-state index contributed by atoms with van der Waals surface area (Å²) in [6.45, 7) is 2.30. The normalized spacial score (nSPS) is 27.8. The minimum absolute atomic E-state index is 0.0272. The molecule has 1 aromatic heterocycles. The zero-order chi connectivity index (χ0) is 13.2. The molecule has 2 N–H and O–H groups in total. The molecule has 2 fully saturated rings. The number of hydrogen-bond donors (Lipinski definition) is 2. The van der Waals surface area contributed by atoms with Gasteiger partial charge < -0.3 is 10.3 Å². The maximum atomic E-state index is 11.7. The van der Waals surface area contributed by atoms with Crippen molar-refractivity contribution in [2.24, 2.45) is 5.92 Å². The van der Waals surface area contributed by atoms with Gasteiger partial charge in [0.1, 0.15) is 11.6 Å². The second kappa shape index (κ2) is 5.35. The van der Waals surface area contributed by atoms with Crippen LogP contribution in [0.15, 0.2) is 10.9 Å². The Bertz CT molecular complexity index is 492. The van der Waals surface area contributed by atoms with Crippen molar-refractivity contribution in [2.75, 3.05) is 5.32 Å². The molecule has 0 bridgehead atoms. The molecule has 2 aliphatic carbocycles. The van der Waals surface area contributed by atoms with E-state index in [9.17, 15) is 4.79 Å². The minimum atomic E-state index is -0.0272. The van der Waals surface area contributed by atoms with Crippen LogP contribution in [0.1, 0.15) is 63.6 Å². The largest absolute Gasteiger partial charge is 0.367 e. The van der Waals surface area contributed by atoms with Gasteiger partial charge in [0.25, 0.3) is 5.56 Å². The van der Waals surface area contributed by atoms with Gasteiger partial charge >= 0.3 is 0 Å². The van der Waals surface area contributed by atoms with E-state index in [2.05, 4.69) is 22.2 Å². The molecular weight excluding hydrogens is 238 g/mol. The highest BCUT2D eigenvalue weighted by Crippen LogP contribution is 2.37. The van der Waals surface area contributed by atoms with Crippen molar-refractivity contribution < 1.29 is 0 Å². The van der Waals surface area contributed by atoms with Gasteiger partial charge in [0.2, 0.25) is 0 Å². The van der Waals surface area contributed by atoms with E-state index >= 15 is 0 Å². The van der Waals surface area contributed by atoms with Gasteiger partial charge in [0, 0.05) is 18.0 Å². The van der Waals surface area contributed by atoms with Crippen molar-refractivity contribution in [2.45, 2.75) is 63.8 Å². The smallest absolute Gasteiger partial charge is 0.252 e. The summed E-state index contributed by atoms with van der Waals surface area (Å²) in [5, 5.41) is 3.50. The van der Waals surface area contributed by atoms with Crippen molar-refractivity contribution in [1.82, 2.24) is 9.97 Å². The number of aromatic nitrogens is 2. The Kier molecular flexibility index (Phi) is 3.58. The topological polar surface area (TPSA) is 57.8 Å². The second-order valence-electron chi connectivity index (χ2n) is 6.16. The SMILES string of the molecule is CC1CCCCCC1Nc1cc(=O)[nH]c(C2CC2)n1. The Morgan fingerprint density at radius 3 is 2.79 bits per heavy atom. The van der Waals surface area contributed by atoms with Crippen LogP contribution in [-0.4, -0.2) is 16.0 Å². The first-order valence-corrected chi connectivity index (χ1v) is 7.60. The molecule has 2 saturated carbocycles. The van der Waals surface area contributed by atoms with E-state index in [0.717, 1.165) is 24.5 Å². The third kappa shape index (κ3) is 3.17. The first-order chi connectivity index (χ1) is 9.22. The van der Waals surface area contributed by atoms with Crippen molar-refractivity contribution in [3.8, 4) is 0 Å². The van der Waals surface area contributed by atoms with Crippen LogP contribution >= 0.6 is 0 Å². The van der Waals surface area contributed by atoms with Gasteiger partial charge in [-0.1, -0.05) is 26.2 Å². The summed E-state index contributed by atoms with van der Waals surface area (Å²) >= 11 is 0. The van der Waals surface area contributed by atoms with Crippen LogP contribution in [-0.2, 0) is 0 Å². The molecule has 19 heavy (non-hydrogen) atoms. The summed E-state index contributed by atoms with van der Waals surface area (Å²) in [5.41, 5.74) is -0.0272. The Morgan fingerprint density at radius 2 is 2.00 bits per heavy atom. The van der Waals surface area contributed by atoms with Crippen LogP contribution in [0.5, 0.6) is 0 Å². The monoisotopic (exact) mass is 261 g/mol. The van der Waals surface area contributed by atoms with E-state index < -0.39 is 0 Å². The highest BCUT2D eigenvalue weighted by molar-refractivity contribution is 5.35. The standard InChI is InChI=1S/C15H23N3O/c1-10-5-3-2-4-6-12(10)16-13-9-14(19)18-15(17-13)11-7-8-11/h9-12H,2-8H2,1H3,(H2,16,17,18,19). The zero-order valence-corrected chi connectivity index (χ0v) is 11.6. The molecule has 1 aromatic rings. The summed E-state index contributed by atoms with van der Waals surface area (Å²) in [4.78, 5) is 19.2. The summed E-state index contributed by atoms with van der Waals surface area (Å²) in [6, 6.07) is 2.06. The van der Waals surface area contributed by atoms with E-state index in [4.69, 9.17) is 0 Å². The Labute approximate surface area is 114 Å². The molecule has 0 spiro atoms. The lowest BCUT2D eigenvalue weighted by atomic mass is 9.97. The molecule has 0 saturated heterocycles. The Balaban J connectivity index is 1.76. The summed E-state index contributed by atoms with van der Waals surface area (Å²) < 4.78 is 0. The number of aromatic amines is 1. The lowest BCUT2D eigenvalue weighted by Crippen LogP contribution is -2.28. The third-order valence-electron chi connectivity index (χ3n) is 4.42. The van der Waals surface area contributed by atoms with Gasteiger partial charge in [0.15, 0.2) is 0 Å². The van der Waals surface area contributed by atoms with Gasteiger partial charge in [-0.25, -0.2) is 4.98 Å². The lowest BCUT2D eigenvalue weighted by molar-refractivity contribution is 0.455. The van der Waals surface area contributed by atoms with E-state index in [-0.39, 0.29) is 5.56 Å². The number of H-pyrrole nitrogens is 1. The van der Waals surface area contributed by atoms with E-state index in [1.54, 1.807) is 6.07 Å². The molecule has 3 rings (SSSR count). The van der Waals surface area contributed by atoms with Crippen molar-refractivity contribution in [1.29, 1.82) is 0 Å². The molecule has 0 aromatic carbocycles. The van der Waals surface area contributed by atoms with Gasteiger partial charge in [-0.3, -0.25) is 4.79 Å². The van der Waals surface area contributed by atoms with Gasteiger partial charge in [-0.15, -0.1) is 0 Å². The zero-order valence-electron chi connectivity index (χ0n) is 11.6. The van der Waals surface area contributed by atoms with E-state index in [1.807, 2.05) is 0 Å². The number of hydrogen-bond acceptors (Lipinski definition) is 3. The fourth-order valence-electron chi connectivity index (χ4n) is 3.00. The maximum absolute atomic E-state index is 11.7. The van der Waals surface area contributed by atoms with Gasteiger partial charge in [-0.2, -0.15) is 0 Å². The van der Waals surface area contributed by atoms with Gasteiger partial charge in [-0.05, 0) is 31.6 Å². The molecule has 0 amide bonds. The number of nitrogens with one attached hydrogen (secondary N) is 2. The third-order valence-corrected chi connectivity index (χ3v) is 4.42. The highest BCUT2D eigenvalue weighted by Gasteiger charge is 2.27. The van der Waals surface area contributed by atoms with Crippen molar-refractivity contribution in [3.63, 3.8) is 0 Å². The van der Waals surface area contributed by atoms with E-state index in [1.165, 1.54) is 32.1 Å². The Hall–Kier alpha value is -1.32. The molecule has 2 unspecified atom stereocenters. The lowest BCUT2D eigenvalue weighted by Gasteiger charge is -2.23. The first-order valence-electron chi connectivity index (χ1n) is 7.60. The molecule has 4 heteroatoms. The van der Waals surface area contributed by atoms with Gasteiger partial charge in [0.05, 0.1) is 0 Å². The predicted octanol–water partition coefficient (Wildman–Crippen LogP) is 3.03. The summed E-state index contributed by atoms with van der Waals surface area (Å²) in [7, 11) is 0. The van der Waals surface area contributed by atoms with Crippen LogP contribution in [0.4, 0.5) is 5.82 Å². The fourth-order valence-corrected chi connectivity index (χ4v) is 3.00. The molecule has 104 valence electrons. The number of rotatable bonds is 3. The average molecular weight is 261 g/mol. The van der Waals surface area contributed by atoms with Crippen molar-refractivity contribution in [3.05, 3.63) is 22.2 Å². The Morgan fingerprint density at radius 1 is 1.21 bits per heavy atom. The van der Waals surface area contributed by atoms with Crippen molar-refractivity contribution >= 4 is 5.82 Å². The quantitative estimate of drug-likeness (QED) is 0.822. The summed E-state index contributed by atoms with van der Waals surface area (Å²) in [6.07, 6.45) is 8.72. The summed E-state index contributed by atoms with van der Waals surface area (Å²) in [5.74, 6) is 2.79. The average Bonchev–Trinajstić information content (AvgIpc) is 3.19. The van der Waals surface area contributed by atoms with Crippen LogP contribution in [0.2, 0.25) is 0 Å². The van der Waals surface area contributed by atoms with Crippen LogP contribution in [0.3, 0.4) is 0 Å².